The fourth-order valence-electron chi connectivity index (χ4n) is 2.03. The van der Waals surface area contributed by atoms with Crippen molar-refractivity contribution in [2.45, 2.75) is 0 Å². The second-order valence-corrected chi connectivity index (χ2v) is 5.20. The smallest absolute Gasteiger partial charge is 0.0484 e. The zero-order chi connectivity index (χ0) is 12.4. The minimum atomic E-state index is 0.799. The lowest BCUT2D eigenvalue weighted by atomic mass is 9.99. The molecule has 0 saturated heterocycles. The van der Waals surface area contributed by atoms with Gasteiger partial charge in [0.25, 0.3) is 0 Å². The number of thiophene rings is 1. The van der Waals surface area contributed by atoms with Crippen LogP contribution in [0.5, 0.6) is 0 Å². The van der Waals surface area contributed by atoms with Gasteiger partial charge >= 0.3 is 0 Å². The summed E-state index contributed by atoms with van der Waals surface area (Å²) in [7, 11) is 0. The summed E-state index contributed by atoms with van der Waals surface area (Å²) in [4.78, 5) is 0. The average molecular weight is 271 g/mol. The first-order valence-electron chi connectivity index (χ1n) is 5.73. The Morgan fingerprint density at radius 2 is 1.33 bits per heavy atom. The van der Waals surface area contributed by atoms with E-state index in [4.69, 9.17) is 11.6 Å². The molecule has 0 bridgehead atoms. The van der Waals surface area contributed by atoms with E-state index < -0.39 is 0 Å². The summed E-state index contributed by atoms with van der Waals surface area (Å²) in [5.74, 6) is 0. The molecule has 18 heavy (non-hydrogen) atoms. The van der Waals surface area contributed by atoms with Crippen molar-refractivity contribution in [2.75, 3.05) is 0 Å². The van der Waals surface area contributed by atoms with Gasteiger partial charge in [0.05, 0.1) is 0 Å². The summed E-state index contributed by atoms with van der Waals surface area (Å²) >= 11 is 7.99. The minimum absolute atomic E-state index is 0.799. The molecule has 88 valence electrons. The molecular weight excluding hydrogens is 260 g/mol. The van der Waals surface area contributed by atoms with E-state index in [9.17, 15) is 0 Å². The van der Waals surface area contributed by atoms with Gasteiger partial charge in [-0.3, -0.25) is 0 Å². The van der Waals surface area contributed by atoms with E-state index >= 15 is 0 Å². The molecule has 2 heteroatoms. The summed E-state index contributed by atoms with van der Waals surface area (Å²) in [5.41, 5.74) is 4.78. The van der Waals surface area contributed by atoms with E-state index in [2.05, 4.69) is 41.1 Å². The predicted molar refractivity (Wildman–Crippen MR) is 80.2 cm³/mol. The molecule has 0 unspecified atom stereocenters. The Morgan fingerprint density at radius 3 is 2.11 bits per heavy atom. The minimum Gasteiger partial charge on any atom is -0.151 e. The molecule has 0 N–H and O–H groups in total. The topological polar surface area (TPSA) is 0 Å². The maximum Gasteiger partial charge on any atom is 0.0484 e. The van der Waals surface area contributed by atoms with Crippen molar-refractivity contribution < 1.29 is 0 Å². The molecule has 3 aromatic rings. The summed E-state index contributed by atoms with van der Waals surface area (Å²) < 4.78 is 0. The van der Waals surface area contributed by atoms with Crippen LogP contribution in [0.4, 0.5) is 0 Å². The largest absolute Gasteiger partial charge is 0.151 e. The number of rotatable bonds is 2. The number of benzene rings is 2. The van der Waals surface area contributed by atoms with Gasteiger partial charge in [0, 0.05) is 21.7 Å². The first-order chi connectivity index (χ1) is 8.86. The quantitative estimate of drug-likeness (QED) is 0.557. The van der Waals surface area contributed by atoms with Gasteiger partial charge in [0.15, 0.2) is 0 Å². The lowest BCUT2D eigenvalue weighted by Crippen LogP contribution is -1.80. The fourth-order valence-corrected chi connectivity index (χ4v) is 3.12. The summed E-state index contributed by atoms with van der Waals surface area (Å²) in [6, 6.07) is 18.4. The van der Waals surface area contributed by atoms with Gasteiger partial charge in [-0.05, 0) is 22.4 Å². The predicted octanol–water partition coefficient (Wildman–Crippen LogP) is 5.74. The van der Waals surface area contributed by atoms with Crippen molar-refractivity contribution in [1.29, 1.82) is 0 Å². The van der Waals surface area contributed by atoms with Crippen molar-refractivity contribution in [3.05, 3.63) is 70.4 Å². The Hall–Kier alpha value is -1.57. The molecule has 0 nitrogen and oxygen atoms in total. The summed E-state index contributed by atoms with van der Waals surface area (Å²) in [6.07, 6.45) is 0. The van der Waals surface area contributed by atoms with Crippen molar-refractivity contribution in [3.8, 4) is 22.3 Å². The Kier molecular flexibility index (Phi) is 3.18. The molecule has 0 fully saturated rings. The van der Waals surface area contributed by atoms with Crippen LogP contribution in [-0.2, 0) is 0 Å². The van der Waals surface area contributed by atoms with Crippen LogP contribution in [0.15, 0.2) is 65.4 Å². The summed E-state index contributed by atoms with van der Waals surface area (Å²) in [5, 5.41) is 5.13. The highest BCUT2D eigenvalue weighted by Gasteiger charge is 2.10. The zero-order valence-electron chi connectivity index (χ0n) is 9.64. The number of hydrogen-bond donors (Lipinski definition) is 0. The number of halogens is 1. The van der Waals surface area contributed by atoms with Crippen LogP contribution in [0.1, 0.15) is 0 Å². The molecular formula is C16H11ClS. The van der Waals surface area contributed by atoms with Gasteiger partial charge in [0.1, 0.15) is 0 Å². The van der Waals surface area contributed by atoms with Crippen molar-refractivity contribution in [1.82, 2.24) is 0 Å². The number of hydrogen-bond acceptors (Lipinski definition) is 1. The Balaban J connectivity index is 2.16. The lowest BCUT2D eigenvalue weighted by molar-refractivity contribution is 1.63. The first-order valence-corrected chi connectivity index (χ1v) is 7.05. The van der Waals surface area contributed by atoms with E-state index in [0.29, 0.717) is 0 Å². The van der Waals surface area contributed by atoms with Crippen molar-refractivity contribution >= 4 is 22.9 Å². The Morgan fingerprint density at radius 1 is 0.667 bits per heavy atom. The van der Waals surface area contributed by atoms with E-state index in [1.807, 2.05) is 24.3 Å². The van der Waals surface area contributed by atoms with Crippen molar-refractivity contribution in [3.63, 3.8) is 0 Å². The van der Waals surface area contributed by atoms with Gasteiger partial charge in [0.2, 0.25) is 0 Å². The van der Waals surface area contributed by atoms with Crippen LogP contribution >= 0.6 is 22.9 Å². The van der Waals surface area contributed by atoms with Gasteiger partial charge in [-0.15, -0.1) is 0 Å². The molecule has 0 aliphatic heterocycles. The molecule has 1 heterocycles. The highest BCUT2D eigenvalue weighted by Crippen LogP contribution is 2.38. The van der Waals surface area contributed by atoms with Crippen LogP contribution in [-0.4, -0.2) is 0 Å². The highest BCUT2D eigenvalue weighted by molar-refractivity contribution is 7.08. The van der Waals surface area contributed by atoms with Gasteiger partial charge in [-0.1, -0.05) is 60.1 Å². The second kappa shape index (κ2) is 4.97. The Bertz CT molecular complexity index is 656. The van der Waals surface area contributed by atoms with E-state index in [-0.39, 0.29) is 0 Å². The summed E-state index contributed by atoms with van der Waals surface area (Å²) in [6.45, 7) is 0. The molecule has 3 rings (SSSR count). The maximum atomic E-state index is 6.28. The van der Waals surface area contributed by atoms with Crippen LogP contribution in [0.2, 0.25) is 5.02 Å². The maximum absolute atomic E-state index is 6.28. The van der Waals surface area contributed by atoms with Gasteiger partial charge in [-0.2, -0.15) is 11.3 Å². The molecule has 0 aliphatic rings. The normalized spacial score (nSPS) is 10.5. The molecule has 2 aromatic carbocycles. The monoisotopic (exact) mass is 270 g/mol. The highest BCUT2D eigenvalue weighted by atomic mass is 35.5. The zero-order valence-corrected chi connectivity index (χ0v) is 11.2. The molecule has 0 radical (unpaired) electrons. The second-order valence-electron chi connectivity index (χ2n) is 4.05. The first kappa shape index (κ1) is 11.5. The SMILES string of the molecule is Clc1ccccc1-c1cscc1-c1ccccc1. The van der Waals surface area contributed by atoms with Gasteiger partial charge < -0.3 is 0 Å². The molecule has 0 spiro atoms. The van der Waals surface area contributed by atoms with Crippen molar-refractivity contribution in [2.24, 2.45) is 0 Å². The molecule has 0 saturated carbocycles. The van der Waals surface area contributed by atoms with Crippen LogP contribution in [0, 0.1) is 0 Å². The van der Waals surface area contributed by atoms with Crippen LogP contribution in [0.25, 0.3) is 22.3 Å². The van der Waals surface area contributed by atoms with E-state index in [0.717, 1.165) is 10.6 Å². The van der Waals surface area contributed by atoms with E-state index in [1.165, 1.54) is 16.7 Å². The third kappa shape index (κ3) is 2.07. The third-order valence-corrected chi connectivity index (χ3v) is 3.98. The standard InChI is InChI=1S/C16H11ClS/c17-16-9-5-4-8-13(16)15-11-18-10-14(15)12-6-2-1-3-7-12/h1-11H. The fraction of sp³-hybridized carbons (Fsp3) is 0. The molecule has 0 amide bonds. The lowest BCUT2D eigenvalue weighted by Gasteiger charge is -2.06. The average Bonchev–Trinajstić information content (AvgIpc) is 2.89. The van der Waals surface area contributed by atoms with Gasteiger partial charge in [-0.25, -0.2) is 0 Å². The molecule has 0 atom stereocenters. The van der Waals surface area contributed by atoms with Crippen LogP contribution < -0.4 is 0 Å². The molecule has 1 aromatic heterocycles. The third-order valence-electron chi connectivity index (χ3n) is 2.91. The Labute approximate surface area is 115 Å². The van der Waals surface area contributed by atoms with E-state index in [1.54, 1.807) is 11.3 Å². The van der Waals surface area contributed by atoms with Crippen LogP contribution in [0.3, 0.4) is 0 Å². The molecule has 0 aliphatic carbocycles.